The molecule has 3 atom stereocenters. The summed E-state index contributed by atoms with van der Waals surface area (Å²) in [5.74, 6) is 3.03. The average molecular weight is 313 g/mol. The van der Waals surface area contributed by atoms with E-state index in [9.17, 15) is 0 Å². The SMILES string of the molecule is N=CC1NC2C=CC(Br)=CC2C12CCSCC2. The second-order valence-electron chi connectivity index (χ2n) is 5.12. The molecule has 0 saturated carbocycles. The second-order valence-corrected chi connectivity index (χ2v) is 7.26. The van der Waals surface area contributed by atoms with Crippen molar-refractivity contribution in [1.29, 1.82) is 5.41 Å². The van der Waals surface area contributed by atoms with Gasteiger partial charge in [0.2, 0.25) is 0 Å². The van der Waals surface area contributed by atoms with Crippen LogP contribution in [-0.4, -0.2) is 29.8 Å². The van der Waals surface area contributed by atoms with Gasteiger partial charge in [0.05, 0.1) is 0 Å². The molecule has 0 amide bonds. The highest BCUT2D eigenvalue weighted by atomic mass is 79.9. The molecule has 2 N–H and O–H groups in total. The summed E-state index contributed by atoms with van der Waals surface area (Å²) in [5.41, 5.74) is 0.279. The third-order valence-corrected chi connectivity index (χ3v) is 5.95. The summed E-state index contributed by atoms with van der Waals surface area (Å²) in [6.07, 6.45) is 10.8. The normalized spacial score (nSPS) is 38.9. The average Bonchev–Trinajstić information content (AvgIpc) is 2.65. The van der Waals surface area contributed by atoms with Crippen LogP contribution in [0.3, 0.4) is 0 Å². The summed E-state index contributed by atoms with van der Waals surface area (Å²) in [5, 5.41) is 11.3. The predicted molar refractivity (Wildman–Crippen MR) is 78.1 cm³/mol. The molecule has 1 spiro atoms. The van der Waals surface area contributed by atoms with Gasteiger partial charge in [-0.1, -0.05) is 34.2 Å². The summed E-state index contributed by atoms with van der Waals surface area (Å²) in [6, 6.07) is 0.670. The van der Waals surface area contributed by atoms with Crippen molar-refractivity contribution in [2.75, 3.05) is 11.5 Å². The van der Waals surface area contributed by atoms with Crippen LogP contribution in [0.4, 0.5) is 0 Å². The Labute approximate surface area is 115 Å². The molecule has 3 rings (SSSR count). The van der Waals surface area contributed by atoms with Gasteiger partial charge in [-0.2, -0.15) is 11.8 Å². The summed E-state index contributed by atoms with van der Waals surface area (Å²) >= 11 is 5.66. The largest absolute Gasteiger partial charge is 0.311 e. The lowest BCUT2D eigenvalue weighted by molar-refractivity contribution is 0.212. The van der Waals surface area contributed by atoms with Gasteiger partial charge in [-0.25, -0.2) is 0 Å². The standard InChI is InChI=1S/C13H17BrN2S/c14-9-1-2-11-10(7-9)13(12(8-15)16-11)3-5-17-6-4-13/h1-2,7-8,10-12,15-16H,3-6H2. The maximum atomic E-state index is 7.71. The van der Waals surface area contributed by atoms with E-state index in [1.54, 1.807) is 6.21 Å². The predicted octanol–water partition coefficient (Wildman–Crippen LogP) is 2.95. The van der Waals surface area contributed by atoms with E-state index in [1.807, 2.05) is 0 Å². The van der Waals surface area contributed by atoms with Crippen molar-refractivity contribution in [3.05, 3.63) is 22.7 Å². The molecule has 0 bridgehead atoms. The van der Waals surface area contributed by atoms with Gasteiger partial charge in [0.1, 0.15) is 0 Å². The van der Waals surface area contributed by atoms with Gasteiger partial charge in [0.25, 0.3) is 0 Å². The molecule has 2 heterocycles. The fraction of sp³-hybridized carbons (Fsp3) is 0.615. The van der Waals surface area contributed by atoms with E-state index >= 15 is 0 Å². The second kappa shape index (κ2) is 4.56. The molecule has 3 unspecified atom stereocenters. The minimum absolute atomic E-state index is 0.248. The van der Waals surface area contributed by atoms with Gasteiger partial charge in [0.15, 0.2) is 0 Å². The van der Waals surface area contributed by atoms with Crippen molar-refractivity contribution in [3.63, 3.8) is 0 Å². The Hall–Kier alpha value is -0.0600. The first-order valence-electron chi connectivity index (χ1n) is 6.16. The lowest BCUT2D eigenvalue weighted by Gasteiger charge is -2.41. The van der Waals surface area contributed by atoms with E-state index in [4.69, 9.17) is 5.41 Å². The zero-order valence-electron chi connectivity index (χ0n) is 9.66. The molecule has 4 heteroatoms. The van der Waals surface area contributed by atoms with E-state index in [-0.39, 0.29) is 11.5 Å². The smallest absolute Gasteiger partial charge is 0.0486 e. The first-order valence-corrected chi connectivity index (χ1v) is 8.11. The van der Waals surface area contributed by atoms with Crippen molar-refractivity contribution < 1.29 is 0 Å². The molecule has 1 aliphatic carbocycles. The number of rotatable bonds is 1. The van der Waals surface area contributed by atoms with Crippen LogP contribution in [0.2, 0.25) is 0 Å². The molecule has 0 aromatic rings. The van der Waals surface area contributed by atoms with Gasteiger partial charge >= 0.3 is 0 Å². The zero-order chi connectivity index (χ0) is 11.9. The molecule has 2 aliphatic heterocycles. The van der Waals surface area contributed by atoms with Crippen molar-refractivity contribution in [1.82, 2.24) is 5.32 Å². The van der Waals surface area contributed by atoms with Crippen molar-refractivity contribution in [2.45, 2.75) is 24.9 Å². The maximum Gasteiger partial charge on any atom is 0.0486 e. The Morgan fingerprint density at radius 1 is 1.47 bits per heavy atom. The number of halogens is 1. The molecule has 92 valence electrons. The highest BCUT2D eigenvalue weighted by Gasteiger charge is 2.53. The lowest BCUT2D eigenvalue weighted by Crippen LogP contribution is -2.42. The summed E-state index contributed by atoms with van der Waals surface area (Å²) in [6.45, 7) is 0. The highest BCUT2D eigenvalue weighted by Crippen LogP contribution is 2.51. The summed E-state index contributed by atoms with van der Waals surface area (Å²) < 4.78 is 1.20. The Kier molecular flexibility index (Phi) is 3.22. The van der Waals surface area contributed by atoms with Gasteiger partial charge in [-0.15, -0.1) is 0 Å². The topological polar surface area (TPSA) is 35.9 Å². The fourth-order valence-corrected chi connectivity index (χ4v) is 5.21. The molecular weight excluding hydrogens is 296 g/mol. The van der Waals surface area contributed by atoms with Crippen molar-refractivity contribution >= 4 is 33.9 Å². The van der Waals surface area contributed by atoms with Gasteiger partial charge in [0, 0.05) is 34.1 Å². The van der Waals surface area contributed by atoms with Crippen LogP contribution in [0.15, 0.2) is 22.7 Å². The van der Waals surface area contributed by atoms with E-state index in [2.05, 4.69) is 51.2 Å². The van der Waals surface area contributed by atoms with Crippen molar-refractivity contribution in [2.24, 2.45) is 11.3 Å². The van der Waals surface area contributed by atoms with Crippen LogP contribution in [-0.2, 0) is 0 Å². The number of nitrogens with one attached hydrogen (secondary N) is 2. The highest BCUT2D eigenvalue weighted by molar-refractivity contribution is 9.11. The van der Waals surface area contributed by atoms with E-state index in [1.165, 1.54) is 28.8 Å². The molecule has 2 saturated heterocycles. The maximum absolute atomic E-state index is 7.71. The molecule has 17 heavy (non-hydrogen) atoms. The van der Waals surface area contributed by atoms with Crippen LogP contribution in [0.1, 0.15) is 12.8 Å². The van der Waals surface area contributed by atoms with Crippen molar-refractivity contribution in [3.8, 4) is 0 Å². The molecule has 0 aromatic heterocycles. The fourth-order valence-electron chi connectivity index (χ4n) is 3.52. The van der Waals surface area contributed by atoms with Crippen LogP contribution in [0.25, 0.3) is 0 Å². The minimum Gasteiger partial charge on any atom is -0.311 e. The number of allylic oxidation sites excluding steroid dienone is 2. The zero-order valence-corrected chi connectivity index (χ0v) is 12.1. The number of fused-ring (bicyclic) bond motifs is 2. The van der Waals surface area contributed by atoms with E-state index < -0.39 is 0 Å². The van der Waals surface area contributed by atoms with E-state index in [0.717, 1.165) is 0 Å². The molecule has 2 fully saturated rings. The monoisotopic (exact) mass is 312 g/mol. The van der Waals surface area contributed by atoms with Crippen LogP contribution >= 0.6 is 27.7 Å². The molecular formula is C13H17BrN2S. The van der Waals surface area contributed by atoms with Gasteiger partial charge in [-0.3, -0.25) is 0 Å². The Morgan fingerprint density at radius 3 is 2.94 bits per heavy atom. The summed E-state index contributed by atoms with van der Waals surface area (Å²) in [7, 11) is 0. The third-order valence-electron chi connectivity index (χ3n) is 4.43. The van der Waals surface area contributed by atoms with E-state index in [0.29, 0.717) is 12.0 Å². The summed E-state index contributed by atoms with van der Waals surface area (Å²) in [4.78, 5) is 0. The number of hydrogen-bond acceptors (Lipinski definition) is 3. The van der Waals surface area contributed by atoms with Crippen LogP contribution in [0.5, 0.6) is 0 Å². The quantitative estimate of drug-likeness (QED) is 0.730. The Bertz CT molecular complexity index is 385. The van der Waals surface area contributed by atoms with Gasteiger partial charge in [-0.05, 0) is 24.3 Å². The lowest BCUT2D eigenvalue weighted by atomic mass is 9.66. The van der Waals surface area contributed by atoms with Crippen LogP contribution in [0, 0.1) is 16.7 Å². The Balaban J connectivity index is 1.98. The Morgan fingerprint density at radius 2 is 2.24 bits per heavy atom. The molecule has 2 nitrogen and oxygen atoms in total. The van der Waals surface area contributed by atoms with Gasteiger partial charge < -0.3 is 10.7 Å². The molecule has 0 aromatic carbocycles. The number of thioether (sulfide) groups is 1. The molecule has 3 aliphatic rings. The molecule has 0 radical (unpaired) electrons. The van der Waals surface area contributed by atoms with Crippen LogP contribution < -0.4 is 5.32 Å². The first kappa shape index (κ1) is 12.0. The number of hydrogen-bond donors (Lipinski definition) is 2. The minimum atomic E-state index is 0.248. The first-order chi connectivity index (χ1) is 8.26. The third kappa shape index (κ3) is 1.85.